The van der Waals surface area contributed by atoms with Gasteiger partial charge in [0.25, 0.3) is 5.91 Å². The number of carbonyl (C=O) groups is 2. The van der Waals surface area contributed by atoms with Crippen LogP contribution in [0.3, 0.4) is 0 Å². The molecule has 1 aromatic carbocycles. The van der Waals surface area contributed by atoms with Gasteiger partial charge in [-0.05, 0) is 37.5 Å². The minimum absolute atomic E-state index is 0.0329. The van der Waals surface area contributed by atoms with Crippen molar-refractivity contribution in [2.45, 2.75) is 19.3 Å². The number of amides is 2. The molecule has 2 saturated heterocycles. The van der Waals surface area contributed by atoms with Gasteiger partial charge in [-0.3, -0.25) is 9.59 Å². The Morgan fingerprint density at radius 1 is 1.22 bits per heavy atom. The topological polar surface area (TPSA) is 54.8 Å². The predicted octanol–water partition coefficient (Wildman–Crippen LogP) is 2.28. The molecule has 0 unspecified atom stereocenters. The van der Waals surface area contributed by atoms with Gasteiger partial charge in [0.15, 0.2) is 0 Å². The Bertz CT molecular complexity index is 875. The number of methoxy groups -OCH3 is 1. The predicted molar refractivity (Wildman–Crippen MR) is 104 cm³/mol. The average Bonchev–Trinajstić information content (AvgIpc) is 3.28. The van der Waals surface area contributed by atoms with Crippen LogP contribution in [0.2, 0.25) is 0 Å². The van der Waals surface area contributed by atoms with Gasteiger partial charge in [-0.15, -0.1) is 0 Å². The highest BCUT2D eigenvalue weighted by Gasteiger charge is 2.49. The largest absolute Gasteiger partial charge is 0.383 e. The molecular weight excluding hydrogens is 342 g/mol. The summed E-state index contributed by atoms with van der Waals surface area (Å²) in [6.45, 7) is 3.15. The van der Waals surface area contributed by atoms with Gasteiger partial charge in [0.2, 0.25) is 5.91 Å². The summed E-state index contributed by atoms with van der Waals surface area (Å²) >= 11 is 0. The molecule has 2 aromatic rings. The molecule has 4 rings (SSSR count). The summed E-state index contributed by atoms with van der Waals surface area (Å²) in [5.41, 5.74) is 1.37. The molecule has 0 N–H and O–H groups in total. The average molecular weight is 369 g/mol. The highest BCUT2D eigenvalue weighted by molar-refractivity contribution is 6.07. The van der Waals surface area contributed by atoms with Crippen molar-refractivity contribution in [1.82, 2.24) is 14.4 Å². The highest BCUT2D eigenvalue weighted by atomic mass is 16.5. The molecule has 144 valence electrons. The van der Waals surface area contributed by atoms with E-state index in [0.717, 1.165) is 42.3 Å². The van der Waals surface area contributed by atoms with Crippen LogP contribution >= 0.6 is 0 Å². The van der Waals surface area contributed by atoms with Crippen LogP contribution in [0, 0.1) is 5.41 Å². The first-order valence-electron chi connectivity index (χ1n) is 9.67. The number of aryl methyl sites for hydroxylation is 1. The second-order valence-corrected chi connectivity index (χ2v) is 7.81. The summed E-state index contributed by atoms with van der Waals surface area (Å²) in [6.07, 6.45) is 4.59. The quantitative estimate of drug-likeness (QED) is 0.831. The molecule has 1 spiro atoms. The summed E-state index contributed by atoms with van der Waals surface area (Å²) < 4.78 is 7.17. The van der Waals surface area contributed by atoms with Gasteiger partial charge < -0.3 is 19.1 Å². The highest BCUT2D eigenvalue weighted by Crippen LogP contribution is 2.40. The first-order valence-corrected chi connectivity index (χ1v) is 9.67. The monoisotopic (exact) mass is 369 g/mol. The summed E-state index contributed by atoms with van der Waals surface area (Å²) in [6, 6.07) is 7.84. The maximum absolute atomic E-state index is 13.2. The van der Waals surface area contributed by atoms with Crippen molar-refractivity contribution in [3.63, 3.8) is 0 Å². The van der Waals surface area contributed by atoms with Crippen molar-refractivity contribution >= 4 is 22.7 Å². The smallest absolute Gasteiger partial charge is 0.254 e. The van der Waals surface area contributed by atoms with E-state index in [1.807, 2.05) is 51.9 Å². The van der Waals surface area contributed by atoms with E-state index < -0.39 is 5.41 Å². The van der Waals surface area contributed by atoms with Crippen LogP contribution in [0.15, 0.2) is 30.5 Å². The maximum Gasteiger partial charge on any atom is 0.254 e. The van der Waals surface area contributed by atoms with Crippen LogP contribution < -0.4 is 0 Å². The number of benzene rings is 1. The number of nitrogens with zero attached hydrogens (tertiary/aromatic N) is 3. The van der Waals surface area contributed by atoms with Gasteiger partial charge in [-0.2, -0.15) is 0 Å². The third-order valence-corrected chi connectivity index (χ3v) is 6.19. The molecule has 6 heteroatoms. The minimum Gasteiger partial charge on any atom is -0.383 e. The molecule has 0 saturated carbocycles. The van der Waals surface area contributed by atoms with Crippen molar-refractivity contribution in [3.05, 3.63) is 36.0 Å². The fourth-order valence-corrected chi connectivity index (χ4v) is 4.65. The summed E-state index contributed by atoms with van der Waals surface area (Å²) in [4.78, 5) is 30.1. The molecule has 1 aromatic heterocycles. The van der Waals surface area contributed by atoms with Crippen molar-refractivity contribution in [2.24, 2.45) is 12.5 Å². The van der Waals surface area contributed by atoms with E-state index in [4.69, 9.17) is 4.74 Å². The van der Waals surface area contributed by atoms with Gasteiger partial charge in [-0.25, -0.2) is 0 Å². The van der Waals surface area contributed by atoms with Crippen LogP contribution in [0.1, 0.15) is 29.6 Å². The lowest BCUT2D eigenvalue weighted by molar-refractivity contribution is -0.146. The van der Waals surface area contributed by atoms with E-state index in [-0.39, 0.29) is 11.8 Å². The molecule has 0 aliphatic carbocycles. The number of aromatic nitrogens is 1. The molecule has 2 amide bonds. The molecule has 27 heavy (non-hydrogen) atoms. The van der Waals surface area contributed by atoms with Crippen molar-refractivity contribution in [1.29, 1.82) is 0 Å². The zero-order valence-electron chi connectivity index (χ0n) is 16.1. The molecule has 3 heterocycles. The number of ether oxygens (including phenoxy) is 1. The third-order valence-electron chi connectivity index (χ3n) is 6.19. The zero-order valence-corrected chi connectivity index (χ0v) is 16.1. The van der Waals surface area contributed by atoms with E-state index in [9.17, 15) is 9.59 Å². The van der Waals surface area contributed by atoms with Gasteiger partial charge in [0.1, 0.15) is 0 Å². The van der Waals surface area contributed by atoms with E-state index in [1.165, 1.54) is 0 Å². The number of likely N-dealkylation sites (tertiary alicyclic amines) is 2. The number of rotatable bonds is 4. The Balaban J connectivity index is 1.55. The van der Waals surface area contributed by atoms with Gasteiger partial charge in [-0.1, -0.05) is 6.07 Å². The first-order chi connectivity index (χ1) is 13.1. The Kier molecular flexibility index (Phi) is 4.68. The zero-order chi connectivity index (χ0) is 19.0. The Labute approximate surface area is 159 Å². The fraction of sp³-hybridized carbons (Fsp3) is 0.524. The number of carbonyl (C=O) groups excluding carboxylic acids is 2. The first kappa shape index (κ1) is 18.0. The Hall–Kier alpha value is -2.34. The van der Waals surface area contributed by atoms with Crippen molar-refractivity contribution in [2.75, 3.05) is 39.9 Å². The van der Waals surface area contributed by atoms with E-state index in [1.54, 1.807) is 7.11 Å². The Morgan fingerprint density at radius 3 is 2.89 bits per heavy atom. The molecule has 2 aliphatic rings. The number of hydrogen-bond donors (Lipinski definition) is 0. The molecule has 6 nitrogen and oxygen atoms in total. The second kappa shape index (κ2) is 7.00. The number of fused-ring (bicyclic) bond motifs is 1. The lowest BCUT2D eigenvalue weighted by Gasteiger charge is -2.39. The van der Waals surface area contributed by atoms with E-state index >= 15 is 0 Å². The molecule has 0 radical (unpaired) electrons. The lowest BCUT2D eigenvalue weighted by atomic mass is 9.78. The number of piperidine rings is 1. The summed E-state index contributed by atoms with van der Waals surface area (Å²) in [5.74, 6) is 0.226. The molecule has 0 bridgehead atoms. The normalized spacial score (nSPS) is 23.0. The maximum atomic E-state index is 13.2. The standard InChI is InChI=1S/C21H27N3O3/c1-22-11-7-16-17(5-3-6-18(16)22)19(25)24-12-9-21(15-24)8-4-10-23(20(21)26)13-14-27-2/h3,5-7,11H,4,8-10,12-15H2,1-2H3/t21-/m1/s1. The van der Waals surface area contributed by atoms with Crippen LogP contribution in [0.4, 0.5) is 0 Å². The molecule has 2 aliphatic heterocycles. The summed E-state index contributed by atoms with van der Waals surface area (Å²) in [5, 5.41) is 0.975. The minimum atomic E-state index is -0.410. The Morgan fingerprint density at radius 2 is 2.07 bits per heavy atom. The van der Waals surface area contributed by atoms with Crippen LogP contribution in [0.5, 0.6) is 0 Å². The fourth-order valence-electron chi connectivity index (χ4n) is 4.65. The van der Waals surface area contributed by atoms with E-state index in [0.29, 0.717) is 26.2 Å². The van der Waals surface area contributed by atoms with Crippen LogP contribution in [-0.2, 0) is 16.6 Å². The summed E-state index contributed by atoms with van der Waals surface area (Å²) in [7, 11) is 3.64. The van der Waals surface area contributed by atoms with Gasteiger partial charge in [0, 0.05) is 63.0 Å². The van der Waals surface area contributed by atoms with Gasteiger partial charge >= 0.3 is 0 Å². The van der Waals surface area contributed by atoms with E-state index in [2.05, 4.69) is 0 Å². The SMILES string of the molecule is COCCN1CCC[C@]2(CCN(C(=O)c3cccc4c3ccn4C)C2)C1=O. The molecule has 2 fully saturated rings. The van der Waals surface area contributed by atoms with Crippen LogP contribution in [-0.4, -0.2) is 66.1 Å². The lowest BCUT2D eigenvalue weighted by Crippen LogP contribution is -2.51. The number of hydrogen-bond acceptors (Lipinski definition) is 3. The third kappa shape index (κ3) is 3.02. The molecular formula is C21H27N3O3. The molecule has 1 atom stereocenters. The van der Waals surface area contributed by atoms with Crippen molar-refractivity contribution < 1.29 is 14.3 Å². The van der Waals surface area contributed by atoms with Crippen molar-refractivity contribution in [3.8, 4) is 0 Å². The van der Waals surface area contributed by atoms with Gasteiger partial charge in [0.05, 0.1) is 12.0 Å². The van der Waals surface area contributed by atoms with Crippen LogP contribution in [0.25, 0.3) is 10.9 Å². The second-order valence-electron chi connectivity index (χ2n) is 7.81.